The van der Waals surface area contributed by atoms with E-state index in [0.29, 0.717) is 22.9 Å². The van der Waals surface area contributed by atoms with Crippen LogP contribution in [0, 0.1) is 0 Å². The Kier molecular flexibility index (Phi) is 5.71. The summed E-state index contributed by atoms with van der Waals surface area (Å²) in [6, 6.07) is 18.2. The number of methoxy groups -OCH3 is 1. The van der Waals surface area contributed by atoms with Crippen LogP contribution in [-0.4, -0.2) is 18.0 Å². The van der Waals surface area contributed by atoms with E-state index in [0.717, 1.165) is 17.0 Å². The largest absolute Gasteiger partial charge is 0.497 e. The molecule has 3 aromatic rings. The molecular weight excluding hydrogens is 350 g/mol. The van der Waals surface area contributed by atoms with E-state index in [1.54, 1.807) is 31.5 Å². The molecule has 0 bridgehead atoms. The molecule has 3 rings (SSSR count). The highest BCUT2D eigenvalue weighted by Crippen LogP contribution is 2.19. The first-order valence-corrected chi connectivity index (χ1v) is 8.42. The monoisotopic (exact) mass is 367 g/mol. The number of rotatable bonds is 6. The van der Waals surface area contributed by atoms with Crippen molar-refractivity contribution in [2.75, 3.05) is 12.4 Å². The van der Waals surface area contributed by atoms with Gasteiger partial charge in [-0.05, 0) is 48.0 Å². The summed E-state index contributed by atoms with van der Waals surface area (Å²) in [5.41, 5.74) is 2.24. The van der Waals surface area contributed by atoms with E-state index in [1.165, 1.54) is 0 Å². The zero-order valence-corrected chi connectivity index (χ0v) is 15.0. The third-order valence-electron chi connectivity index (χ3n) is 3.78. The van der Waals surface area contributed by atoms with Gasteiger partial charge in [0.2, 0.25) is 0 Å². The van der Waals surface area contributed by atoms with Crippen LogP contribution in [0.1, 0.15) is 15.9 Å². The molecule has 0 unspecified atom stereocenters. The third kappa shape index (κ3) is 4.52. The number of carbonyl (C=O) groups excluding carboxylic acids is 1. The third-order valence-corrected chi connectivity index (χ3v) is 4.15. The van der Waals surface area contributed by atoms with Gasteiger partial charge in [-0.3, -0.25) is 4.79 Å². The van der Waals surface area contributed by atoms with Crippen molar-refractivity contribution in [3.63, 3.8) is 0 Å². The summed E-state index contributed by atoms with van der Waals surface area (Å²) in [4.78, 5) is 16.6. The van der Waals surface area contributed by atoms with E-state index in [4.69, 9.17) is 16.3 Å². The van der Waals surface area contributed by atoms with Gasteiger partial charge in [0, 0.05) is 29.0 Å². The number of nitrogens with zero attached hydrogens (tertiary/aromatic N) is 1. The Balaban J connectivity index is 1.66. The van der Waals surface area contributed by atoms with Crippen LogP contribution in [0.3, 0.4) is 0 Å². The van der Waals surface area contributed by atoms with Crippen LogP contribution in [0.15, 0.2) is 66.9 Å². The molecule has 2 aromatic carbocycles. The number of hydrogen-bond donors (Lipinski definition) is 2. The molecule has 6 heteroatoms. The van der Waals surface area contributed by atoms with Crippen molar-refractivity contribution in [1.29, 1.82) is 0 Å². The van der Waals surface area contributed by atoms with Gasteiger partial charge in [-0.2, -0.15) is 0 Å². The molecule has 0 aliphatic carbocycles. The molecule has 0 aliphatic heterocycles. The maximum Gasteiger partial charge on any atom is 0.251 e. The van der Waals surface area contributed by atoms with Crippen molar-refractivity contribution in [2.24, 2.45) is 0 Å². The molecule has 26 heavy (non-hydrogen) atoms. The molecule has 0 saturated carbocycles. The molecule has 1 heterocycles. The fourth-order valence-electron chi connectivity index (χ4n) is 2.38. The molecule has 0 radical (unpaired) electrons. The van der Waals surface area contributed by atoms with E-state index in [1.807, 2.05) is 42.5 Å². The van der Waals surface area contributed by atoms with Crippen LogP contribution in [0.2, 0.25) is 5.02 Å². The average Bonchev–Trinajstić information content (AvgIpc) is 2.68. The molecule has 132 valence electrons. The van der Waals surface area contributed by atoms with Crippen LogP contribution < -0.4 is 15.4 Å². The van der Waals surface area contributed by atoms with Gasteiger partial charge in [-0.25, -0.2) is 4.98 Å². The van der Waals surface area contributed by atoms with Crippen molar-refractivity contribution < 1.29 is 9.53 Å². The molecule has 2 N–H and O–H groups in total. The number of pyridine rings is 1. The van der Waals surface area contributed by atoms with Gasteiger partial charge >= 0.3 is 0 Å². The van der Waals surface area contributed by atoms with Crippen LogP contribution in [-0.2, 0) is 6.54 Å². The minimum atomic E-state index is -0.190. The molecule has 5 nitrogen and oxygen atoms in total. The first-order valence-electron chi connectivity index (χ1n) is 8.04. The summed E-state index contributed by atoms with van der Waals surface area (Å²) in [5, 5.41) is 6.66. The van der Waals surface area contributed by atoms with Gasteiger partial charge < -0.3 is 15.4 Å². The smallest absolute Gasteiger partial charge is 0.251 e. The summed E-state index contributed by atoms with van der Waals surface area (Å²) in [5.74, 6) is 1.17. The minimum absolute atomic E-state index is 0.190. The van der Waals surface area contributed by atoms with Gasteiger partial charge in [0.15, 0.2) is 0 Å². The summed E-state index contributed by atoms with van der Waals surface area (Å²) < 4.78 is 5.14. The van der Waals surface area contributed by atoms with Crippen LogP contribution in [0.5, 0.6) is 5.75 Å². The van der Waals surface area contributed by atoms with E-state index in [-0.39, 0.29) is 5.91 Å². The molecule has 1 amide bonds. The van der Waals surface area contributed by atoms with Gasteiger partial charge in [0.25, 0.3) is 5.91 Å². The Morgan fingerprint density at radius 3 is 2.62 bits per heavy atom. The normalized spacial score (nSPS) is 10.2. The number of benzene rings is 2. The lowest BCUT2D eigenvalue weighted by atomic mass is 10.2. The quantitative estimate of drug-likeness (QED) is 0.677. The second-order valence-electron chi connectivity index (χ2n) is 5.56. The molecule has 0 fully saturated rings. The second kappa shape index (κ2) is 8.36. The van der Waals surface area contributed by atoms with Crippen LogP contribution >= 0.6 is 11.6 Å². The number of halogens is 1. The lowest BCUT2D eigenvalue weighted by Gasteiger charge is -2.09. The zero-order valence-electron chi connectivity index (χ0n) is 14.2. The number of ether oxygens (including phenoxy) is 1. The van der Waals surface area contributed by atoms with E-state index >= 15 is 0 Å². The Morgan fingerprint density at radius 1 is 1.12 bits per heavy atom. The fourth-order valence-corrected chi connectivity index (χ4v) is 2.58. The Bertz CT molecular complexity index is 898. The number of amides is 1. The number of anilines is 2. The van der Waals surface area contributed by atoms with Gasteiger partial charge in [0.05, 0.1) is 7.11 Å². The number of nitrogens with one attached hydrogen (secondary N) is 2. The summed E-state index contributed by atoms with van der Waals surface area (Å²) >= 11 is 6.11. The molecule has 0 saturated heterocycles. The minimum Gasteiger partial charge on any atom is -0.497 e. The van der Waals surface area contributed by atoms with Crippen molar-refractivity contribution in [3.8, 4) is 5.75 Å². The molecule has 0 spiro atoms. The molecule has 0 atom stereocenters. The first kappa shape index (κ1) is 17.8. The van der Waals surface area contributed by atoms with Gasteiger partial charge in [-0.1, -0.05) is 29.8 Å². The average molecular weight is 368 g/mol. The lowest BCUT2D eigenvalue weighted by Crippen LogP contribution is -2.23. The maximum absolute atomic E-state index is 12.4. The van der Waals surface area contributed by atoms with E-state index < -0.39 is 0 Å². The summed E-state index contributed by atoms with van der Waals surface area (Å²) in [6.07, 6.45) is 1.59. The zero-order chi connectivity index (χ0) is 18.4. The van der Waals surface area contributed by atoms with Crippen molar-refractivity contribution in [1.82, 2.24) is 10.3 Å². The number of carbonyl (C=O) groups is 1. The summed E-state index contributed by atoms with van der Waals surface area (Å²) in [6.45, 7) is 0.363. The highest BCUT2D eigenvalue weighted by atomic mass is 35.5. The second-order valence-corrected chi connectivity index (χ2v) is 5.96. The SMILES string of the molecule is COc1ccc(Nc2cc(C(=O)NCc3ccccc3Cl)ccn2)cc1. The maximum atomic E-state index is 12.4. The predicted molar refractivity (Wildman–Crippen MR) is 103 cm³/mol. The van der Waals surface area contributed by atoms with E-state index in [9.17, 15) is 4.79 Å². The van der Waals surface area contributed by atoms with Gasteiger partial charge in [0.1, 0.15) is 11.6 Å². The van der Waals surface area contributed by atoms with E-state index in [2.05, 4.69) is 15.6 Å². The predicted octanol–water partition coefficient (Wildman–Crippen LogP) is 4.42. The summed E-state index contributed by atoms with van der Waals surface area (Å²) in [7, 11) is 1.62. The van der Waals surface area contributed by atoms with Crippen LogP contribution in [0.25, 0.3) is 0 Å². The first-order chi connectivity index (χ1) is 12.7. The molecule has 1 aromatic heterocycles. The highest BCUT2D eigenvalue weighted by Gasteiger charge is 2.08. The standard InChI is InChI=1S/C20H18ClN3O2/c1-26-17-8-6-16(7-9-17)24-19-12-14(10-11-22-19)20(25)23-13-15-4-2-3-5-18(15)21/h2-12H,13H2,1H3,(H,22,24)(H,23,25). The van der Waals surface area contributed by atoms with Crippen molar-refractivity contribution in [3.05, 3.63) is 83.0 Å². The van der Waals surface area contributed by atoms with Crippen molar-refractivity contribution in [2.45, 2.75) is 6.54 Å². The highest BCUT2D eigenvalue weighted by molar-refractivity contribution is 6.31. The van der Waals surface area contributed by atoms with Crippen LogP contribution in [0.4, 0.5) is 11.5 Å². The van der Waals surface area contributed by atoms with Gasteiger partial charge in [-0.15, -0.1) is 0 Å². The topological polar surface area (TPSA) is 63.2 Å². The number of aromatic nitrogens is 1. The Labute approximate surface area is 157 Å². The Hall–Kier alpha value is -3.05. The lowest BCUT2D eigenvalue weighted by molar-refractivity contribution is 0.0951. The number of hydrogen-bond acceptors (Lipinski definition) is 4. The molecule has 0 aliphatic rings. The van der Waals surface area contributed by atoms with Crippen molar-refractivity contribution >= 4 is 29.0 Å². The molecular formula is C20H18ClN3O2. The fraction of sp³-hybridized carbons (Fsp3) is 0.100. The Morgan fingerprint density at radius 2 is 1.88 bits per heavy atom.